The normalized spacial score (nSPS) is 12.0. The van der Waals surface area contributed by atoms with E-state index in [2.05, 4.69) is 4.98 Å². The van der Waals surface area contributed by atoms with Crippen molar-refractivity contribution in [3.63, 3.8) is 0 Å². The number of rotatable bonds is 9. The van der Waals surface area contributed by atoms with Crippen LogP contribution < -0.4 is 15.2 Å². The van der Waals surface area contributed by atoms with Gasteiger partial charge in [-0.05, 0) is 31.5 Å². The maximum atomic E-state index is 15.2. The number of nitriles is 1. The molecule has 1 unspecified atom stereocenters. The van der Waals surface area contributed by atoms with E-state index in [9.17, 15) is 23.9 Å². The second-order valence-corrected chi connectivity index (χ2v) is 9.50. The van der Waals surface area contributed by atoms with Crippen LogP contribution in [0.5, 0.6) is 17.4 Å². The molecule has 1 heterocycles. The van der Waals surface area contributed by atoms with Crippen LogP contribution in [0.4, 0.5) is 13.2 Å². The summed E-state index contributed by atoms with van der Waals surface area (Å²) < 4.78 is 53.7. The van der Waals surface area contributed by atoms with Crippen LogP contribution in [0.3, 0.4) is 0 Å². The minimum Gasteiger partial charge on any atom is -0.485 e. The zero-order valence-corrected chi connectivity index (χ0v) is 19.4. The molecule has 182 valence electrons. The molecule has 1 atom stereocenters. The van der Waals surface area contributed by atoms with E-state index in [1.807, 2.05) is 36.4 Å². The van der Waals surface area contributed by atoms with Crippen molar-refractivity contribution in [1.29, 1.82) is 5.26 Å². The number of carboxylic acid groups (broad SMARTS) is 1. The molecule has 0 aliphatic heterocycles. The first-order valence-electron chi connectivity index (χ1n) is 10.1. The standard InChI is InChI=1S/C24H20F3N3O4S/c1-24(2,20(29)23(31)32)35-19-17(25)21(27)30-22(18(19)26)34-16-10-14(11-28)8-9-15(16)33-12-13-6-4-3-5-7-13/h3-10,20H,12,29H2,1-2H3,(H,31,32). The molecule has 0 fully saturated rings. The van der Waals surface area contributed by atoms with E-state index in [-0.39, 0.29) is 23.7 Å². The van der Waals surface area contributed by atoms with Gasteiger partial charge in [-0.3, -0.25) is 4.79 Å². The quantitative estimate of drug-likeness (QED) is 0.309. The first-order chi connectivity index (χ1) is 16.5. The van der Waals surface area contributed by atoms with Crippen LogP contribution in [0.1, 0.15) is 25.0 Å². The highest BCUT2D eigenvalue weighted by Gasteiger charge is 2.36. The minimum atomic E-state index is -1.66. The average molecular weight is 504 g/mol. The van der Waals surface area contributed by atoms with Gasteiger partial charge < -0.3 is 20.3 Å². The maximum absolute atomic E-state index is 15.2. The van der Waals surface area contributed by atoms with Crippen molar-refractivity contribution < 1.29 is 32.5 Å². The zero-order valence-electron chi connectivity index (χ0n) is 18.6. The van der Waals surface area contributed by atoms with Gasteiger partial charge in [0.2, 0.25) is 5.82 Å². The molecule has 3 N–H and O–H groups in total. The van der Waals surface area contributed by atoms with Crippen LogP contribution in [0.25, 0.3) is 0 Å². The summed E-state index contributed by atoms with van der Waals surface area (Å²) in [5.74, 6) is -7.02. The van der Waals surface area contributed by atoms with Crippen molar-refractivity contribution in [1.82, 2.24) is 4.98 Å². The summed E-state index contributed by atoms with van der Waals surface area (Å²) in [5.41, 5.74) is 6.57. The lowest BCUT2D eigenvalue weighted by atomic mass is 10.1. The van der Waals surface area contributed by atoms with Crippen LogP contribution >= 0.6 is 11.8 Å². The van der Waals surface area contributed by atoms with E-state index >= 15 is 4.39 Å². The number of carbonyl (C=O) groups is 1. The lowest BCUT2D eigenvalue weighted by Crippen LogP contribution is -2.46. The van der Waals surface area contributed by atoms with Gasteiger partial charge in [-0.15, -0.1) is 11.8 Å². The van der Waals surface area contributed by atoms with Crippen molar-refractivity contribution in [3.05, 3.63) is 77.2 Å². The average Bonchev–Trinajstić information content (AvgIpc) is 2.84. The van der Waals surface area contributed by atoms with Crippen molar-refractivity contribution >= 4 is 17.7 Å². The first kappa shape index (κ1) is 25.9. The predicted molar refractivity (Wildman–Crippen MR) is 122 cm³/mol. The molecular formula is C24H20F3N3O4S. The Balaban J connectivity index is 1.98. The largest absolute Gasteiger partial charge is 0.485 e. The highest BCUT2D eigenvalue weighted by Crippen LogP contribution is 2.42. The molecule has 3 rings (SSSR count). The smallest absolute Gasteiger partial charge is 0.321 e. The second kappa shape index (κ2) is 10.7. The molecule has 0 bridgehead atoms. The van der Waals surface area contributed by atoms with Gasteiger partial charge >= 0.3 is 5.97 Å². The van der Waals surface area contributed by atoms with E-state index in [1.165, 1.54) is 32.0 Å². The number of benzene rings is 2. The summed E-state index contributed by atoms with van der Waals surface area (Å²) in [6, 6.07) is 13.6. The van der Waals surface area contributed by atoms with Gasteiger partial charge in [0, 0.05) is 10.8 Å². The Bertz CT molecular complexity index is 1280. The number of aromatic nitrogens is 1. The Morgan fingerprint density at radius 1 is 1.17 bits per heavy atom. The third kappa shape index (κ3) is 6.03. The van der Waals surface area contributed by atoms with Crippen LogP contribution in [0.2, 0.25) is 0 Å². The summed E-state index contributed by atoms with van der Waals surface area (Å²) in [6.07, 6.45) is 0. The zero-order chi connectivity index (χ0) is 25.8. The SMILES string of the molecule is CC(C)(Sc1c(F)c(F)nc(Oc2cc(C#N)ccc2OCc2ccccc2)c1F)C(N)C(=O)O. The molecule has 0 amide bonds. The number of nitrogens with zero attached hydrogens (tertiary/aromatic N) is 2. The van der Waals surface area contributed by atoms with Gasteiger partial charge in [-0.25, -0.2) is 4.39 Å². The fourth-order valence-corrected chi connectivity index (χ4v) is 3.98. The summed E-state index contributed by atoms with van der Waals surface area (Å²) in [5, 5.41) is 18.4. The summed E-state index contributed by atoms with van der Waals surface area (Å²) >= 11 is 0.394. The minimum absolute atomic E-state index is 0.0984. The van der Waals surface area contributed by atoms with Crippen molar-refractivity contribution in [2.75, 3.05) is 0 Å². The van der Waals surface area contributed by atoms with Crippen LogP contribution in [0, 0.1) is 28.9 Å². The molecule has 0 radical (unpaired) electrons. The summed E-state index contributed by atoms with van der Waals surface area (Å²) in [4.78, 5) is 13.6. The number of halogens is 3. The van der Waals surface area contributed by atoms with Crippen molar-refractivity contribution in [2.45, 2.75) is 36.1 Å². The first-order valence-corrected chi connectivity index (χ1v) is 11.0. The summed E-state index contributed by atoms with van der Waals surface area (Å²) in [6.45, 7) is 2.80. The van der Waals surface area contributed by atoms with Gasteiger partial charge in [0.1, 0.15) is 12.6 Å². The molecule has 11 heteroatoms. The van der Waals surface area contributed by atoms with Gasteiger partial charge in [0.05, 0.1) is 16.5 Å². The van der Waals surface area contributed by atoms with Crippen LogP contribution in [-0.4, -0.2) is 26.8 Å². The number of carboxylic acids is 1. The number of pyridine rings is 1. The number of ether oxygens (including phenoxy) is 2. The fraction of sp³-hybridized carbons (Fsp3) is 0.208. The lowest BCUT2D eigenvalue weighted by molar-refractivity contribution is -0.139. The van der Waals surface area contributed by atoms with E-state index < -0.39 is 45.1 Å². The topological polar surface area (TPSA) is 118 Å². The van der Waals surface area contributed by atoms with Crippen LogP contribution in [0.15, 0.2) is 53.4 Å². The molecule has 2 aromatic carbocycles. The van der Waals surface area contributed by atoms with Crippen molar-refractivity contribution in [2.24, 2.45) is 5.73 Å². The van der Waals surface area contributed by atoms with E-state index in [0.717, 1.165) is 5.56 Å². The molecule has 3 aromatic rings. The monoisotopic (exact) mass is 503 g/mol. The lowest BCUT2D eigenvalue weighted by Gasteiger charge is -2.28. The van der Waals surface area contributed by atoms with Crippen molar-refractivity contribution in [3.8, 4) is 23.4 Å². The third-order valence-corrected chi connectivity index (χ3v) is 6.21. The molecule has 0 spiro atoms. The molecule has 1 aromatic heterocycles. The molecular weight excluding hydrogens is 483 g/mol. The van der Waals surface area contributed by atoms with Gasteiger partial charge in [-0.2, -0.15) is 19.0 Å². The number of hydrogen-bond donors (Lipinski definition) is 2. The third-order valence-electron chi connectivity index (χ3n) is 4.86. The Kier molecular flexibility index (Phi) is 7.89. The Morgan fingerprint density at radius 2 is 1.86 bits per heavy atom. The highest BCUT2D eigenvalue weighted by atomic mass is 32.2. The number of aliphatic carboxylic acids is 1. The van der Waals surface area contributed by atoms with Crippen LogP contribution in [-0.2, 0) is 11.4 Å². The second-order valence-electron chi connectivity index (χ2n) is 7.84. The van der Waals surface area contributed by atoms with Gasteiger partial charge in [0.25, 0.3) is 11.8 Å². The van der Waals surface area contributed by atoms with E-state index in [1.54, 1.807) is 0 Å². The van der Waals surface area contributed by atoms with Gasteiger partial charge in [0.15, 0.2) is 17.3 Å². The molecule has 0 aliphatic rings. The Morgan fingerprint density at radius 3 is 2.49 bits per heavy atom. The molecule has 0 aliphatic carbocycles. The molecule has 7 nitrogen and oxygen atoms in total. The van der Waals surface area contributed by atoms with Gasteiger partial charge in [-0.1, -0.05) is 30.3 Å². The Hall–Kier alpha value is -3.75. The number of thioether (sulfide) groups is 1. The number of nitrogens with two attached hydrogens (primary N) is 1. The maximum Gasteiger partial charge on any atom is 0.321 e. The Labute approximate surface area is 203 Å². The number of hydrogen-bond acceptors (Lipinski definition) is 7. The molecule has 35 heavy (non-hydrogen) atoms. The molecule has 0 saturated carbocycles. The van der Waals surface area contributed by atoms with E-state index in [4.69, 9.17) is 15.2 Å². The fourth-order valence-electron chi connectivity index (χ4n) is 2.87. The summed E-state index contributed by atoms with van der Waals surface area (Å²) in [7, 11) is 0. The predicted octanol–water partition coefficient (Wildman–Crippen LogP) is 5.02. The highest BCUT2D eigenvalue weighted by molar-refractivity contribution is 8.00. The molecule has 0 saturated heterocycles. The van der Waals surface area contributed by atoms with E-state index in [0.29, 0.717) is 11.8 Å².